The number of fused-ring (bicyclic) bond motifs is 2. The molecule has 3 rings (SSSR count). The molecule has 1 aliphatic rings. The quantitative estimate of drug-likeness (QED) is 0.873. The summed E-state index contributed by atoms with van der Waals surface area (Å²) in [5.74, 6) is 1.39. The molecule has 2 heterocycles. The molecule has 0 atom stereocenters. The van der Waals surface area contributed by atoms with E-state index in [0.29, 0.717) is 17.1 Å². The maximum atomic E-state index is 9.11. The second-order valence-corrected chi connectivity index (χ2v) is 3.91. The molecule has 2 aromatic rings. The van der Waals surface area contributed by atoms with Gasteiger partial charge in [0.05, 0.1) is 16.8 Å². The second kappa shape index (κ2) is 4.08. The Morgan fingerprint density at radius 2 is 2.17 bits per heavy atom. The molecule has 0 aliphatic carbocycles. The molecule has 1 aromatic carbocycles. The molecule has 90 valence electrons. The molecule has 18 heavy (non-hydrogen) atoms. The molecular weight excluding hydrogens is 230 g/mol. The topological polar surface area (TPSA) is 67.2 Å². The van der Waals surface area contributed by atoms with Crippen molar-refractivity contribution in [2.24, 2.45) is 0 Å². The van der Waals surface area contributed by atoms with E-state index in [9.17, 15) is 0 Å². The highest BCUT2D eigenvalue weighted by molar-refractivity contribution is 5.96. The third-order valence-corrected chi connectivity index (χ3v) is 2.84. The van der Waals surface area contributed by atoms with Gasteiger partial charge in [-0.3, -0.25) is 4.98 Å². The Hall–Kier alpha value is -2.48. The molecule has 0 fully saturated rings. The summed E-state index contributed by atoms with van der Waals surface area (Å²) in [7, 11) is 0. The van der Waals surface area contributed by atoms with Crippen molar-refractivity contribution in [1.29, 1.82) is 5.26 Å². The molecule has 0 unspecified atom stereocenters. The Bertz CT molecular complexity index is 661. The lowest BCUT2D eigenvalue weighted by atomic mass is 10.1. The lowest BCUT2D eigenvalue weighted by molar-refractivity contribution is 0.174. The summed E-state index contributed by atoms with van der Waals surface area (Å²) >= 11 is 0. The van der Waals surface area contributed by atoms with E-state index in [1.165, 1.54) is 0 Å². The van der Waals surface area contributed by atoms with Crippen LogP contribution >= 0.6 is 0 Å². The summed E-state index contributed by atoms with van der Waals surface area (Å²) in [6, 6.07) is 5.84. The maximum Gasteiger partial charge on any atom is 0.231 e. The lowest BCUT2D eigenvalue weighted by Crippen LogP contribution is -2.01. The number of hydrogen-bond donors (Lipinski definition) is 1. The Morgan fingerprint density at radius 3 is 2.89 bits per heavy atom. The number of nitrogens with zero attached hydrogens (tertiary/aromatic N) is 2. The van der Waals surface area contributed by atoms with Gasteiger partial charge in [-0.25, -0.2) is 0 Å². The molecule has 0 saturated heterocycles. The fourth-order valence-electron chi connectivity index (χ4n) is 2.03. The minimum Gasteiger partial charge on any atom is -0.454 e. The summed E-state index contributed by atoms with van der Waals surface area (Å²) < 4.78 is 10.7. The van der Waals surface area contributed by atoms with Gasteiger partial charge in [0, 0.05) is 24.2 Å². The summed E-state index contributed by atoms with van der Waals surface area (Å²) in [6.45, 7) is 2.95. The van der Waals surface area contributed by atoms with Crippen molar-refractivity contribution in [2.75, 3.05) is 18.7 Å². The van der Waals surface area contributed by atoms with E-state index >= 15 is 0 Å². The minimum absolute atomic E-state index is 0.229. The average molecular weight is 241 g/mol. The molecule has 1 aromatic heterocycles. The average Bonchev–Trinajstić information content (AvgIpc) is 2.84. The van der Waals surface area contributed by atoms with Crippen LogP contribution in [0, 0.1) is 11.3 Å². The number of pyridine rings is 1. The number of aromatic nitrogens is 1. The molecule has 0 saturated carbocycles. The SMILES string of the molecule is CCNc1c(C#N)cnc2cc3c(cc12)OCO3. The normalized spacial score (nSPS) is 12.4. The van der Waals surface area contributed by atoms with Gasteiger partial charge in [-0.05, 0) is 13.0 Å². The minimum atomic E-state index is 0.229. The van der Waals surface area contributed by atoms with Crippen molar-refractivity contribution in [3.63, 3.8) is 0 Å². The molecule has 0 bridgehead atoms. The number of benzene rings is 1. The van der Waals surface area contributed by atoms with Crippen LogP contribution in [0.15, 0.2) is 18.3 Å². The van der Waals surface area contributed by atoms with Crippen LogP contribution in [0.5, 0.6) is 11.5 Å². The van der Waals surface area contributed by atoms with Crippen LogP contribution in [0.4, 0.5) is 5.69 Å². The van der Waals surface area contributed by atoms with Crippen molar-refractivity contribution in [1.82, 2.24) is 4.98 Å². The van der Waals surface area contributed by atoms with E-state index in [2.05, 4.69) is 16.4 Å². The van der Waals surface area contributed by atoms with Crippen LogP contribution in [0.25, 0.3) is 10.9 Å². The molecule has 0 radical (unpaired) electrons. The summed E-state index contributed by atoms with van der Waals surface area (Å²) in [6.07, 6.45) is 1.57. The molecule has 0 spiro atoms. The Balaban J connectivity index is 2.30. The molecule has 1 N–H and O–H groups in total. The van der Waals surface area contributed by atoms with Gasteiger partial charge in [0.15, 0.2) is 11.5 Å². The zero-order valence-electron chi connectivity index (χ0n) is 9.86. The van der Waals surface area contributed by atoms with Crippen LogP contribution in [0.1, 0.15) is 12.5 Å². The van der Waals surface area contributed by atoms with Gasteiger partial charge in [-0.1, -0.05) is 0 Å². The first-order chi connectivity index (χ1) is 8.83. The Morgan fingerprint density at radius 1 is 1.39 bits per heavy atom. The number of hydrogen-bond acceptors (Lipinski definition) is 5. The van der Waals surface area contributed by atoms with Crippen molar-refractivity contribution in [2.45, 2.75) is 6.92 Å². The zero-order valence-corrected chi connectivity index (χ0v) is 9.86. The number of rotatable bonds is 2. The van der Waals surface area contributed by atoms with Gasteiger partial charge < -0.3 is 14.8 Å². The highest BCUT2D eigenvalue weighted by atomic mass is 16.7. The standard InChI is InChI=1S/C13H11N3O2/c1-2-15-13-8(5-14)6-16-10-4-12-11(3-9(10)13)17-7-18-12/h3-4,6H,2,7H2,1H3,(H,15,16). The predicted octanol–water partition coefficient (Wildman–Crippen LogP) is 2.27. The lowest BCUT2D eigenvalue weighted by Gasteiger charge is -2.10. The molecule has 5 heteroatoms. The van der Waals surface area contributed by atoms with Crippen LogP contribution in [0.3, 0.4) is 0 Å². The Kier molecular flexibility index (Phi) is 2.41. The number of anilines is 1. The van der Waals surface area contributed by atoms with Crippen molar-refractivity contribution in [3.05, 3.63) is 23.9 Å². The van der Waals surface area contributed by atoms with E-state index in [1.807, 2.05) is 19.1 Å². The van der Waals surface area contributed by atoms with Gasteiger partial charge >= 0.3 is 0 Å². The van der Waals surface area contributed by atoms with E-state index in [-0.39, 0.29) is 6.79 Å². The van der Waals surface area contributed by atoms with Gasteiger partial charge in [0.2, 0.25) is 6.79 Å². The largest absolute Gasteiger partial charge is 0.454 e. The first-order valence-corrected chi connectivity index (χ1v) is 5.70. The summed E-state index contributed by atoms with van der Waals surface area (Å²) in [4.78, 5) is 4.27. The van der Waals surface area contributed by atoms with Gasteiger partial charge in [-0.2, -0.15) is 5.26 Å². The van der Waals surface area contributed by atoms with Crippen LogP contribution in [-0.4, -0.2) is 18.3 Å². The van der Waals surface area contributed by atoms with Gasteiger partial charge in [-0.15, -0.1) is 0 Å². The van der Waals surface area contributed by atoms with E-state index in [1.54, 1.807) is 6.20 Å². The predicted molar refractivity (Wildman–Crippen MR) is 66.7 cm³/mol. The molecule has 0 amide bonds. The summed E-state index contributed by atoms with van der Waals surface area (Å²) in [5, 5.41) is 13.2. The Labute approximate surface area is 104 Å². The number of nitriles is 1. The number of ether oxygens (including phenoxy) is 2. The molecular formula is C13H11N3O2. The van der Waals surface area contributed by atoms with E-state index < -0.39 is 0 Å². The third kappa shape index (κ3) is 1.51. The van der Waals surface area contributed by atoms with Gasteiger partial charge in [0.1, 0.15) is 6.07 Å². The summed E-state index contributed by atoms with van der Waals surface area (Å²) in [5.41, 5.74) is 2.11. The first kappa shape index (κ1) is 10.7. The van der Waals surface area contributed by atoms with Crippen molar-refractivity contribution < 1.29 is 9.47 Å². The van der Waals surface area contributed by atoms with Crippen LogP contribution < -0.4 is 14.8 Å². The fourth-order valence-corrected chi connectivity index (χ4v) is 2.03. The maximum absolute atomic E-state index is 9.11. The monoisotopic (exact) mass is 241 g/mol. The van der Waals surface area contributed by atoms with Crippen molar-refractivity contribution in [3.8, 4) is 17.6 Å². The highest BCUT2D eigenvalue weighted by Gasteiger charge is 2.17. The van der Waals surface area contributed by atoms with Gasteiger partial charge in [0.25, 0.3) is 0 Å². The zero-order chi connectivity index (χ0) is 12.5. The van der Waals surface area contributed by atoms with Crippen LogP contribution in [0.2, 0.25) is 0 Å². The first-order valence-electron chi connectivity index (χ1n) is 5.70. The van der Waals surface area contributed by atoms with E-state index in [0.717, 1.165) is 23.1 Å². The number of nitrogens with one attached hydrogen (secondary N) is 1. The van der Waals surface area contributed by atoms with Crippen LogP contribution in [-0.2, 0) is 0 Å². The van der Waals surface area contributed by atoms with E-state index in [4.69, 9.17) is 14.7 Å². The second-order valence-electron chi connectivity index (χ2n) is 3.91. The third-order valence-electron chi connectivity index (χ3n) is 2.84. The molecule has 1 aliphatic heterocycles. The smallest absolute Gasteiger partial charge is 0.231 e. The fraction of sp³-hybridized carbons (Fsp3) is 0.231. The molecule has 5 nitrogen and oxygen atoms in total. The van der Waals surface area contributed by atoms with Crippen molar-refractivity contribution >= 4 is 16.6 Å². The highest BCUT2D eigenvalue weighted by Crippen LogP contribution is 2.38.